The highest BCUT2D eigenvalue weighted by Crippen LogP contribution is 2.24. The van der Waals surface area contributed by atoms with E-state index in [0.29, 0.717) is 5.75 Å². The van der Waals surface area contributed by atoms with Crippen molar-refractivity contribution in [3.8, 4) is 0 Å². The van der Waals surface area contributed by atoms with Gasteiger partial charge in [0.05, 0.1) is 5.02 Å². The van der Waals surface area contributed by atoms with Gasteiger partial charge in [0.1, 0.15) is 11.6 Å². The average molecular weight is 263 g/mol. The summed E-state index contributed by atoms with van der Waals surface area (Å²) in [5.74, 6) is -0.848. The third-order valence-electron chi connectivity index (χ3n) is 1.75. The lowest BCUT2D eigenvalue weighted by atomic mass is 10.2. The van der Waals surface area contributed by atoms with E-state index in [1.807, 2.05) is 0 Å². The highest BCUT2D eigenvalue weighted by Gasteiger charge is 2.08. The van der Waals surface area contributed by atoms with Crippen molar-refractivity contribution in [2.45, 2.75) is 6.92 Å². The smallest absolute Gasteiger partial charge is 0.186 e. The molecule has 0 aliphatic carbocycles. The fourth-order valence-electron chi connectivity index (χ4n) is 1.03. The first kappa shape index (κ1) is 13.2. The maximum absolute atomic E-state index is 13.2. The van der Waals surface area contributed by atoms with E-state index in [0.717, 1.165) is 23.9 Å². The van der Waals surface area contributed by atoms with Crippen LogP contribution in [0.25, 0.3) is 6.08 Å². The molecule has 0 unspecified atom stereocenters. The first-order valence-corrected chi connectivity index (χ1v) is 5.82. The maximum atomic E-state index is 13.2. The van der Waals surface area contributed by atoms with E-state index in [1.165, 1.54) is 13.0 Å². The van der Waals surface area contributed by atoms with E-state index in [4.69, 9.17) is 11.6 Å². The van der Waals surface area contributed by atoms with Crippen molar-refractivity contribution in [2.75, 3.05) is 5.75 Å². The van der Waals surface area contributed by atoms with Crippen LogP contribution in [0.3, 0.4) is 0 Å². The lowest BCUT2D eigenvalue weighted by Gasteiger charge is -2.01. The first-order valence-electron chi connectivity index (χ1n) is 4.45. The van der Waals surface area contributed by atoms with Crippen molar-refractivity contribution in [3.05, 3.63) is 40.4 Å². The second kappa shape index (κ2) is 6.01. The van der Waals surface area contributed by atoms with Crippen LogP contribution in [-0.2, 0) is 4.79 Å². The van der Waals surface area contributed by atoms with Crippen LogP contribution in [-0.4, -0.2) is 10.9 Å². The minimum atomic E-state index is -0.665. The Hall–Kier alpha value is -0.870. The SMILES string of the molecule is CC(=O)SCC=Cc1c(F)ccc(F)c1Cl. The van der Waals surface area contributed by atoms with Gasteiger partial charge >= 0.3 is 0 Å². The molecule has 0 aromatic heterocycles. The number of carbonyl (C=O) groups is 1. The van der Waals surface area contributed by atoms with E-state index < -0.39 is 11.6 Å². The first-order chi connectivity index (χ1) is 7.52. The van der Waals surface area contributed by atoms with Gasteiger partial charge in [0.2, 0.25) is 0 Å². The van der Waals surface area contributed by atoms with E-state index in [9.17, 15) is 13.6 Å². The zero-order chi connectivity index (χ0) is 12.1. The van der Waals surface area contributed by atoms with Gasteiger partial charge in [0, 0.05) is 18.2 Å². The van der Waals surface area contributed by atoms with Gasteiger partial charge in [-0.1, -0.05) is 35.5 Å². The molecule has 1 aromatic carbocycles. The van der Waals surface area contributed by atoms with Crippen molar-refractivity contribution in [2.24, 2.45) is 0 Å². The van der Waals surface area contributed by atoms with Crippen molar-refractivity contribution in [1.82, 2.24) is 0 Å². The third kappa shape index (κ3) is 3.61. The molecule has 1 nitrogen and oxygen atoms in total. The molecule has 0 N–H and O–H groups in total. The molecule has 0 aliphatic heterocycles. The number of hydrogen-bond donors (Lipinski definition) is 0. The van der Waals surface area contributed by atoms with Gasteiger partial charge in [-0.25, -0.2) is 8.78 Å². The number of rotatable bonds is 3. The summed E-state index contributed by atoms with van der Waals surface area (Å²) < 4.78 is 26.2. The fraction of sp³-hybridized carbons (Fsp3) is 0.182. The van der Waals surface area contributed by atoms with E-state index in [-0.39, 0.29) is 15.7 Å². The predicted octanol–water partition coefficient (Wildman–Crippen LogP) is 3.91. The summed E-state index contributed by atoms with van der Waals surface area (Å²) in [5.41, 5.74) is 0.00539. The van der Waals surface area contributed by atoms with E-state index in [2.05, 4.69) is 0 Å². The molecule has 86 valence electrons. The Morgan fingerprint density at radius 1 is 1.44 bits per heavy atom. The summed E-state index contributed by atoms with van der Waals surface area (Å²) in [7, 11) is 0. The molecule has 0 bridgehead atoms. The molecule has 0 amide bonds. The van der Waals surface area contributed by atoms with E-state index in [1.54, 1.807) is 6.08 Å². The second-order valence-corrected chi connectivity index (χ2v) is 4.54. The number of benzene rings is 1. The lowest BCUT2D eigenvalue weighted by Crippen LogP contribution is -1.88. The van der Waals surface area contributed by atoms with Crippen LogP contribution in [0.1, 0.15) is 12.5 Å². The fourth-order valence-corrected chi connectivity index (χ4v) is 1.67. The Bertz CT molecular complexity index is 432. The molecule has 16 heavy (non-hydrogen) atoms. The van der Waals surface area contributed by atoms with Gasteiger partial charge in [-0.3, -0.25) is 4.79 Å². The Kier molecular flexibility index (Phi) is 4.96. The Balaban J connectivity index is 2.80. The highest BCUT2D eigenvalue weighted by atomic mass is 35.5. The molecule has 0 saturated heterocycles. The minimum absolute atomic E-state index is 0.00539. The minimum Gasteiger partial charge on any atom is -0.288 e. The molecule has 0 saturated carbocycles. The largest absolute Gasteiger partial charge is 0.288 e. The van der Waals surface area contributed by atoms with Crippen LogP contribution >= 0.6 is 23.4 Å². The zero-order valence-electron chi connectivity index (χ0n) is 8.47. The molecule has 1 rings (SSSR count). The average Bonchev–Trinajstić information content (AvgIpc) is 2.22. The molecule has 1 aromatic rings. The summed E-state index contributed by atoms with van der Waals surface area (Å²) in [6, 6.07) is 1.98. The summed E-state index contributed by atoms with van der Waals surface area (Å²) >= 11 is 6.68. The standard InChI is InChI=1S/C11H9ClF2OS/c1-7(15)16-6-2-3-8-9(13)4-5-10(14)11(8)12/h2-5H,6H2,1H3. The number of hydrogen-bond acceptors (Lipinski definition) is 2. The summed E-state index contributed by atoms with van der Waals surface area (Å²) in [6.07, 6.45) is 2.94. The van der Waals surface area contributed by atoms with Gasteiger partial charge in [0.25, 0.3) is 0 Å². The van der Waals surface area contributed by atoms with Crippen LogP contribution in [0.2, 0.25) is 5.02 Å². The van der Waals surface area contributed by atoms with Gasteiger partial charge in [0.15, 0.2) is 5.12 Å². The maximum Gasteiger partial charge on any atom is 0.186 e. The van der Waals surface area contributed by atoms with Crippen LogP contribution in [0, 0.1) is 11.6 Å². The third-order valence-corrected chi connectivity index (χ3v) is 2.90. The predicted molar refractivity (Wildman–Crippen MR) is 63.5 cm³/mol. The van der Waals surface area contributed by atoms with Crippen LogP contribution < -0.4 is 0 Å². The zero-order valence-corrected chi connectivity index (χ0v) is 10.0. The van der Waals surface area contributed by atoms with Crippen LogP contribution in [0.5, 0.6) is 0 Å². The van der Waals surface area contributed by atoms with Crippen molar-refractivity contribution in [1.29, 1.82) is 0 Å². The molecule has 0 heterocycles. The molecule has 0 spiro atoms. The van der Waals surface area contributed by atoms with Gasteiger partial charge in [-0.15, -0.1) is 0 Å². The normalized spacial score (nSPS) is 11.0. The number of halogens is 3. The van der Waals surface area contributed by atoms with Crippen LogP contribution in [0.4, 0.5) is 8.78 Å². The molecule has 0 radical (unpaired) electrons. The van der Waals surface area contributed by atoms with Gasteiger partial charge in [-0.05, 0) is 12.1 Å². The number of thioether (sulfide) groups is 1. The van der Waals surface area contributed by atoms with Crippen LogP contribution in [0.15, 0.2) is 18.2 Å². The van der Waals surface area contributed by atoms with Gasteiger partial charge in [-0.2, -0.15) is 0 Å². The summed E-state index contributed by atoms with van der Waals surface area (Å²) in [6.45, 7) is 1.44. The molecule has 0 aliphatic rings. The van der Waals surface area contributed by atoms with Crippen molar-refractivity contribution >= 4 is 34.6 Å². The topological polar surface area (TPSA) is 17.1 Å². The van der Waals surface area contributed by atoms with E-state index >= 15 is 0 Å². The van der Waals surface area contributed by atoms with Crippen molar-refractivity contribution in [3.63, 3.8) is 0 Å². The molecule has 0 atom stereocenters. The number of carbonyl (C=O) groups excluding carboxylic acids is 1. The molecule has 5 heteroatoms. The van der Waals surface area contributed by atoms with Gasteiger partial charge < -0.3 is 0 Å². The Morgan fingerprint density at radius 3 is 2.69 bits per heavy atom. The second-order valence-electron chi connectivity index (χ2n) is 2.96. The van der Waals surface area contributed by atoms with Crippen molar-refractivity contribution < 1.29 is 13.6 Å². The highest BCUT2D eigenvalue weighted by molar-refractivity contribution is 8.13. The molecular weight excluding hydrogens is 254 g/mol. The molecular formula is C11H9ClF2OS. The Morgan fingerprint density at radius 2 is 2.06 bits per heavy atom. The monoisotopic (exact) mass is 262 g/mol. The quantitative estimate of drug-likeness (QED) is 0.768. The lowest BCUT2D eigenvalue weighted by molar-refractivity contribution is -0.109. The molecule has 0 fully saturated rings. The summed E-state index contributed by atoms with van der Waals surface area (Å²) in [5, 5.41) is -0.278. The summed E-state index contributed by atoms with van der Waals surface area (Å²) in [4.78, 5) is 10.6. The Labute approximate surface area is 101 Å².